The predicted molar refractivity (Wildman–Crippen MR) is 161 cm³/mol. The summed E-state index contributed by atoms with van der Waals surface area (Å²) in [5, 5.41) is 0. The van der Waals surface area contributed by atoms with Crippen LogP contribution in [0.25, 0.3) is 0 Å². The molecule has 4 nitrogen and oxygen atoms in total. The van der Waals surface area contributed by atoms with Gasteiger partial charge in [0.1, 0.15) is 11.5 Å². The average molecular weight is 657 g/mol. The second kappa shape index (κ2) is 16.4. The lowest BCUT2D eigenvalue weighted by molar-refractivity contribution is 0.407. The van der Waals surface area contributed by atoms with Crippen LogP contribution in [0, 0.1) is 0 Å². The fraction of sp³-hybridized carbons (Fsp3) is 0.467. The maximum absolute atomic E-state index is 13.9. The smallest absolute Gasteiger partial charge is 0.208 e. The second-order valence-corrected chi connectivity index (χ2v) is 12.6. The maximum atomic E-state index is 13.9. The van der Waals surface area contributed by atoms with E-state index in [9.17, 15) is 8.42 Å². The van der Waals surface area contributed by atoms with Crippen molar-refractivity contribution >= 4 is 41.7 Å². The van der Waals surface area contributed by atoms with Crippen LogP contribution in [-0.2, 0) is 22.7 Å². The van der Waals surface area contributed by atoms with E-state index in [1.165, 1.54) is 0 Å². The zero-order valence-corrected chi connectivity index (χ0v) is 26.1. The van der Waals surface area contributed by atoms with Crippen LogP contribution in [0.2, 0.25) is 0 Å². The Morgan fingerprint density at radius 3 is 1.41 bits per heavy atom. The van der Waals surface area contributed by atoms with Crippen molar-refractivity contribution in [2.45, 2.75) is 86.8 Å². The topological polar surface area (TPSA) is 52.6 Å². The fourth-order valence-electron chi connectivity index (χ4n) is 4.43. The standard InChI is InChI=1S/C30H40Br2O4S/c1-5-7-9-11-13-15-17-23-25(35-3)19-21-27(29(23)31)37(33,34)28-22-20-26(36-4)24(30(28)32)18-16-14-12-10-8-6-2/h5-6,19-22H,1-2,7-18H2,3-4H3. The van der Waals surface area contributed by atoms with E-state index < -0.39 is 9.84 Å². The van der Waals surface area contributed by atoms with Crippen molar-refractivity contribution in [1.29, 1.82) is 0 Å². The summed E-state index contributed by atoms with van der Waals surface area (Å²) < 4.78 is 40.1. The van der Waals surface area contributed by atoms with Crippen molar-refractivity contribution in [2.75, 3.05) is 14.2 Å². The third-order valence-electron chi connectivity index (χ3n) is 6.52. The van der Waals surface area contributed by atoms with Crippen molar-refractivity contribution in [2.24, 2.45) is 0 Å². The van der Waals surface area contributed by atoms with Crippen LogP contribution < -0.4 is 9.47 Å². The molecule has 0 unspecified atom stereocenters. The first-order valence-corrected chi connectivity index (χ1v) is 16.1. The molecule has 0 bridgehead atoms. The van der Waals surface area contributed by atoms with Gasteiger partial charge in [-0.05, 0) is 107 Å². The third kappa shape index (κ3) is 8.72. The van der Waals surface area contributed by atoms with Gasteiger partial charge in [0, 0.05) is 20.1 Å². The minimum Gasteiger partial charge on any atom is -0.496 e. The van der Waals surface area contributed by atoms with Gasteiger partial charge >= 0.3 is 0 Å². The van der Waals surface area contributed by atoms with E-state index in [1.54, 1.807) is 38.5 Å². The molecule has 0 saturated carbocycles. The van der Waals surface area contributed by atoms with E-state index in [2.05, 4.69) is 45.0 Å². The quantitative estimate of drug-likeness (QED) is 0.119. The average Bonchev–Trinajstić information content (AvgIpc) is 2.88. The van der Waals surface area contributed by atoms with Crippen molar-refractivity contribution in [3.63, 3.8) is 0 Å². The summed E-state index contributed by atoms with van der Waals surface area (Å²) >= 11 is 7.25. The third-order valence-corrected chi connectivity index (χ3v) is 10.7. The molecule has 0 radical (unpaired) electrons. The molecule has 2 aromatic rings. The molecule has 204 valence electrons. The molecule has 2 rings (SSSR count). The molecule has 2 aromatic carbocycles. The Hall–Kier alpha value is -1.57. The van der Waals surface area contributed by atoms with Crippen LogP contribution in [0.4, 0.5) is 0 Å². The van der Waals surface area contributed by atoms with Crippen LogP contribution in [0.15, 0.2) is 68.3 Å². The Morgan fingerprint density at radius 1 is 0.676 bits per heavy atom. The highest BCUT2D eigenvalue weighted by molar-refractivity contribution is 9.11. The Morgan fingerprint density at radius 2 is 1.05 bits per heavy atom. The highest BCUT2D eigenvalue weighted by atomic mass is 79.9. The summed E-state index contributed by atoms with van der Waals surface area (Å²) in [6.45, 7) is 7.55. The van der Waals surface area contributed by atoms with Gasteiger partial charge in [0.15, 0.2) is 0 Å². The normalized spacial score (nSPS) is 11.4. The maximum Gasteiger partial charge on any atom is 0.208 e. The summed E-state index contributed by atoms with van der Waals surface area (Å²) in [7, 11) is -0.571. The van der Waals surface area contributed by atoms with Gasteiger partial charge in [0.2, 0.25) is 9.84 Å². The van der Waals surface area contributed by atoms with Gasteiger partial charge in [0.25, 0.3) is 0 Å². The Bertz CT molecular complexity index is 1060. The lowest BCUT2D eigenvalue weighted by Crippen LogP contribution is -2.08. The molecule has 0 aliphatic carbocycles. The number of ether oxygens (including phenoxy) is 2. The van der Waals surface area contributed by atoms with E-state index in [-0.39, 0.29) is 9.79 Å². The van der Waals surface area contributed by atoms with Gasteiger partial charge in [-0.25, -0.2) is 8.42 Å². The lowest BCUT2D eigenvalue weighted by Gasteiger charge is -2.18. The zero-order valence-electron chi connectivity index (χ0n) is 22.2. The zero-order chi connectivity index (χ0) is 27.3. The molecule has 0 aliphatic rings. The number of benzene rings is 2. The van der Waals surface area contributed by atoms with Gasteiger partial charge in [-0.1, -0.05) is 37.8 Å². The Kier molecular flexibility index (Phi) is 14.0. The second-order valence-electron chi connectivity index (χ2n) is 9.10. The van der Waals surface area contributed by atoms with E-state index in [4.69, 9.17) is 9.47 Å². The molecule has 0 saturated heterocycles. The molecule has 0 aliphatic heterocycles. The fourth-order valence-corrected chi connectivity index (χ4v) is 8.21. The van der Waals surface area contributed by atoms with E-state index >= 15 is 0 Å². The summed E-state index contributed by atoms with van der Waals surface area (Å²) in [5.41, 5.74) is 1.77. The number of methoxy groups -OCH3 is 2. The minimum atomic E-state index is -3.81. The predicted octanol–water partition coefficient (Wildman–Crippen LogP) is 9.42. The van der Waals surface area contributed by atoms with Crippen molar-refractivity contribution in [3.05, 3.63) is 69.6 Å². The molecule has 0 amide bonds. The summed E-state index contributed by atoms with van der Waals surface area (Å²) in [5.74, 6) is 1.39. The first-order chi connectivity index (χ1) is 17.8. The molecule has 0 spiro atoms. The lowest BCUT2D eigenvalue weighted by atomic mass is 10.0. The molecule has 7 heteroatoms. The molecule has 0 aromatic heterocycles. The minimum absolute atomic E-state index is 0.246. The first kappa shape index (κ1) is 31.6. The van der Waals surface area contributed by atoms with Crippen LogP contribution in [0.1, 0.15) is 75.3 Å². The molecule has 0 heterocycles. The highest BCUT2D eigenvalue weighted by Crippen LogP contribution is 2.41. The van der Waals surface area contributed by atoms with Gasteiger partial charge in [0.05, 0.1) is 24.0 Å². The van der Waals surface area contributed by atoms with Gasteiger partial charge in [-0.2, -0.15) is 0 Å². The SMILES string of the molecule is C=CCCCCCCc1c(OC)ccc(S(=O)(=O)c2ccc(OC)c(CCCCCCC=C)c2Br)c1Br. The largest absolute Gasteiger partial charge is 0.496 e. The Labute approximate surface area is 240 Å². The molecular formula is C30H40Br2O4S. The number of allylic oxidation sites excluding steroid dienone is 2. The summed E-state index contributed by atoms with van der Waals surface area (Å²) in [4.78, 5) is 0.493. The van der Waals surface area contributed by atoms with Gasteiger partial charge in [-0.15, -0.1) is 13.2 Å². The van der Waals surface area contributed by atoms with Crippen molar-refractivity contribution in [3.8, 4) is 11.5 Å². The summed E-state index contributed by atoms with van der Waals surface area (Å²) in [6, 6.07) is 6.77. The monoisotopic (exact) mass is 654 g/mol. The van der Waals surface area contributed by atoms with E-state index in [0.717, 1.165) is 88.2 Å². The van der Waals surface area contributed by atoms with Crippen molar-refractivity contribution in [1.82, 2.24) is 0 Å². The molecule has 0 fully saturated rings. The van der Waals surface area contributed by atoms with Gasteiger partial charge < -0.3 is 9.47 Å². The van der Waals surface area contributed by atoms with E-state index in [0.29, 0.717) is 20.4 Å². The number of unbranched alkanes of at least 4 members (excludes halogenated alkanes) is 8. The molecule has 0 atom stereocenters. The number of hydrogen-bond donors (Lipinski definition) is 0. The molecule has 37 heavy (non-hydrogen) atoms. The van der Waals surface area contributed by atoms with Gasteiger partial charge in [-0.3, -0.25) is 0 Å². The number of sulfone groups is 1. The molecule has 0 N–H and O–H groups in total. The number of halogens is 2. The number of hydrogen-bond acceptors (Lipinski definition) is 4. The Balaban J connectivity index is 2.33. The van der Waals surface area contributed by atoms with Crippen LogP contribution in [-0.4, -0.2) is 22.6 Å². The van der Waals surface area contributed by atoms with E-state index in [1.807, 2.05) is 12.2 Å². The van der Waals surface area contributed by atoms with Crippen LogP contribution >= 0.6 is 31.9 Å². The molecular weight excluding hydrogens is 616 g/mol. The number of rotatable bonds is 18. The first-order valence-electron chi connectivity index (χ1n) is 13.0. The van der Waals surface area contributed by atoms with Crippen molar-refractivity contribution < 1.29 is 17.9 Å². The van der Waals surface area contributed by atoms with Crippen LogP contribution in [0.5, 0.6) is 11.5 Å². The highest BCUT2D eigenvalue weighted by Gasteiger charge is 2.28. The summed E-state index contributed by atoms with van der Waals surface area (Å²) in [6.07, 6.45) is 16.0. The van der Waals surface area contributed by atoms with Crippen LogP contribution in [0.3, 0.4) is 0 Å².